The van der Waals surface area contributed by atoms with Crippen LogP contribution in [0.15, 0.2) is 48.8 Å². The first-order valence-electron chi connectivity index (χ1n) is 14.0. The van der Waals surface area contributed by atoms with Crippen molar-refractivity contribution >= 4 is 33.9 Å². The number of nitrogens with one attached hydrogen (secondary N) is 2. The zero-order valence-corrected chi connectivity index (χ0v) is 24.7. The van der Waals surface area contributed by atoms with Crippen molar-refractivity contribution in [3.8, 4) is 17.4 Å². The SMILES string of the molecule is CCN1CCN(c2ccc(NC(=O)c3cc(Oc4ncnc5cc(NC)c(OC)cc45)c(C)cc3F)cc2C(F)(F)F)CC1. The number of benzene rings is 3. The number of hydrogen-bond acceptors (Lipinski definition) is 8. The lowest BCUT2D eigenvalue weighted by Gasteiger charge is -2.36. The van der Waals surface area contributed by atoms with E-state index in [4.69, 9.17) is 9.47 Å². The summed E-state index contributed by atoms with van der Waals surface area (Å²) in [7, 11) is 3.25. The second-order valence-corrected chi connectivity index (χ2v) is 10.3. The Kier molecular flexibility index (Phi) is 8.77. The maximum absolute atomic E-state index is 15.0. The monoisotopic (exact) mass is 612 g/mol. The summed E-state index contributed by atoms with van der Waals surface area (Å²) in [6.07, 6.45) is -3.35. The van der Waals surface area contributed by atoms with Gasteiger partial charge < -0.3 is 29.9 Å². The first kappa shape index (κ1) is 30.8. The van der Waals surface area contributed by atoms with E-state index < -0.39 is 29.0 Å². The maximum Gasteiger partial charge on any atom is 0.418 e. The highest BCUT2D eigenvalue weighted by Crippen LogP contribution is 2.39. The molecule has 0 atom stereocenters. The van der Waals surface area contributed by atoms with E-state index in [0.29, 0.717) is 54.1 Å². The van der Waals surface area contributed by atoms with Crippen molar-refractivity contribution < 1.29 is 31.8 Å². The van der Waals surface area contributed by atoms with Crippen LogP contribution in [0.1, 0.15) is 28.4 Å². The molecule has 1 fully saturated rings. The van der Waals surface area contributed by atoms with Crippen LogP contribution in [-0.4, -0.2) is 67.7 Å². The Morgan fingerprint density at radius 2 is 1.77 bits per heavy atom. The summed E-state index contributed by atoms with van der Waals surface area (Å²) in [5.74, 6) is -1.00. The third-order valence-corrected chi connectivity index (χ3v) is 7.63. The number of ether oxygens (including phenoxy) is 2. The van der Waals surface area contributed by atoms with Crippen molar-refractivity contribution in [1.82, 2.24) is 14.9 Å². The van der Waals surface area contributed by atoms with Crippen molar-refractivity contribution in [3.63, 3.8) is 0 Å². The van der Waals surface area contributed by atoms with E-state index in [1.54, 1.807) is 31.0 Å². The van der Waals surface area contributed by atoms with Crippen LogP contribution in [0.25, 0.3) is 10.9 Å². The molecule has 5 rings (SSSR count). The van der Waals surface area contributed by atoms with Crippen LogP contribution in [0.5, 0.6) is 17.4 Å². The Morgan fingerprint density at radius 1 is 1.02 bits per heavy atom. The molecule has 44 heavy (non-hydrogen) atoms. The number of alkyl halides is 3. The van der Waals surface area contributed by atoms with E-state index in [9.17, 15) is 18.0 Å². The summed E-state index contributed by atoms with van der Waals surface area (Å²) in [5, 5.41) is 5.94. The number of nitrogens with zero attached hydrogens (tertiary/aromatic N) is 4. The minimum atomic E-state index is -4.66. The zero-order chi connectivity index (χ0) is 31.6. The fourth-order valence-electron chi connectivity index (χ4n) is 5.17. The van der Waals surface area contributed by atoms with E-state index in [1.807, 2.05) is 6.92 Å². The van der Waals surface area contributed by atoms with Gasteiger partial charge >= 0.3 is 6.18 Å². The van der Waals surface area contributed by atoms with Gasteiger partial charge in [-0.3, -0.25) is 4.79 Å². The van der Waals surface area contributed by atoms with Gasteiger partial charge in [0.25, 0.3) is 5.91 Å². The molecule has 1 saturated heterocycles. The molecular weight excluding hydrogens is 580 g/mol. The third-order valence-electron chi connectivity index (χ3n) is 7.63. The number of halogens is 4. The minimum absolute atomic E-state index is 0.0407. The number of methoxy groups -OCH3 is 1. The first-order chi connectivity index (χ1) is 21.0. The van der Waals surface area contributed by atoms with Gasteiger partial charge in [-0.15, -0.1) is 0 Å². The highest BCUT2D eigenvalue weighted by Gasteiger charge is 2.36. The molecule has 1 aliphatic heterocycles. The molecule has 0 saturated carbocycles. The Bertz CT molecular complexity index is 1690. The molecule has 232 valence electrons. The summed E-state index contributed by atoms with van der Waals surface area (Å²) in [4.78, 5) is 25.5. The number of amides is 1. The predicted molar refractivity (Wildman–Crippen MR) is 161 cm³/mol. The molecular formula is C31H32F4N6O3. The van der Waals surface area contributed by atoms with Crippen LogP contribution in [-0.2, 0) is 6.18 Å². The van der Waals surface area contributed by atoms with Gasteiger partial charge in [0.05, 0.1) is 34.8 Å². The van der Waals surface area contributed by atoms with Crippen molar-refractivity contribution in [3.05, 3.63) is 71.3 Å². The molecule has 4 aromatic rings. The topological polar surface area (TPSA) is 91.9 Å². The number of likely N-dealkylation sites (N-methyl/N-ethyl adjacent to an activating group) is 1. The van der Waals surface area contributed by atoms with Gasteiger partial charge in [-0.25, -0.2) is 14.4 Å². The Balaban J connectivity index is 1.42. The molecule has 1 aromatic heterocycles. The van der Waals surface area contributed by atoms with Crippen molar-refractivity contribution in [2.75, 3.05) is 62.4 Å². The van der Waals surface area contributed by atoms with Gasteiger partial charge in [-0.1, -0.05) is 6.92 Å². The Labute approximate surface area is 251 Å². The number of aryl methyl sites for hydroxylation is 1. The molecule has 1 amide bonds. The second kappa shape index (κ2) is 12.5. The predicted octanol–water partition coefficient (Wildman–Crippen LogP) is 6.33. The lowest BCUT2D eigenvalue weighted by molar-refractivity contribution is -0.137. The molecule has 0 aliphatic carbocycles. The fraction of sp³-hybridized carbons (Fsp3) is 0.323. The average molecular weight is 613 g/mol. The minimum Gasteiger partial charge on any atom is -0.495 e. The van der Waals surface area contributed by atoms with E-state index in [0.717, 1.165) is 18.7 Å². The van der Waals surface area contributed by atoms with Gasteiger partial charge in [0.1, 0.15) is 23.6 Å². The maximum atomic E-state index is 15.0. The van der Waals surface area contributed by atoms with Crippen LogP contribution in [0.4, 0.5) is 34.6 Å². The molecule has 0 unspecified atom stereocenters. The second-order valence-electron chi connectivity index (χ2n) is 10.3. The number of hydrogen-bond donors (Lipinski definition) is 2. The van der Waals surface area contributed by atoms with E-state index in [-0.39, 0.29) is 23.0 Å². The van der Waals surface area contributed by atoms with Gasteiger partial charge in [0.2, 0.25) is 5.88 Å². The van der Waals surface area contributed by atoms with Gasteiger partial charge in [0, 0.05) is 44.6 Å². The normalized spacial score (nSPS) is 14.0. The fourth-order valence-corrected chi connectivity index (χ4v) is 5.17. The van der Waals surface area contributed by atoms with Crippen LogP contribution >= 0.6 is 0 Å². The molecule has 3 aromatic carbocycles. The number of fused-ring (bicyclic) bond motifs is 1. The summed E-state index contributed by atoms with van der Waals surface area (Å²) < 4.78 is 68.8. The van der Waals surface area contributed by atoms with Crippen LogP contribution in [0, 0.1) is 12.7 Å². The molecule has 2 N–H and O–H groups in total. The lowest BCUT2D eigenvalue weighted by atomic mass is 10.1. The number of piperazine rings is 1. The van der Waals surface area contributed by atoms with Crippen LogP contribution in [0.2, 0.25) is 0 Å². The number of carbonyl (C=O) groups excluding carboxylic acids is 1. The Hall–Kier alpha value is -4.65. The molecule has 1 aliphatic rings. The standard InChI is InChI=1S/C31H32F4N6O3/c1-5-40-8-10-41(11-9-40)26-7-6-19(13-22(26)31(33,34)35)39-29(42)20-14-27(18(2)12-23(20)32)44-30-21-15-28(43-4)25(36-3)16-24(21)37-17-38-30/h6-7,12-17,36H,5,8-11H2,1-4H3,(H,39,42). The van der Waals surface area contributed by atoms with Crippen LogP contribution < -0.4 is 25.0 Å². The average Bonchev–Trinajstić information content (AvgIpc) is 3.01. The number of aromatic nitrogens is 2. The summed E-state index contributed by atoms with van der Waals surface area (Å²) >= 11 is 0. The molecule has 2 heterocycles. The quantitative estimate of drug-likeness (QED) is 0.223. The molecule has 9 nitrogen and oxygen atoms in total. The summed E-state index contributed by atoms with van der Waals surface area (Å²) in [6, 6.07) is 9.36. The van der Waals surface area contributed by atoms with Crippen LogP contribution in [0.3, 0.4) is 0 Å². The van der Waals surface area contributed by atoms with Gasteiger partial charge in [0.15, 0.2) is 0 Å². The van der Waals surface area contributed by atoms with Crippen molar-refractivity contribution in [2.24, 2.45) is 0 Å². The Morgan fingerprint density at radius 3 is 2.43 bits per heavy atom. The summed E-state index contributed by atoms with van der Waals surface area (Å²) in [5.41, 5.74) is 0.260. The third kappa shape index (κ3) is 6.32. The molecule has 0 radical (unpaired) electrons. The number of carbonyl (C=O) groups is 1. The number of rotatable bonds is 8. The lowest BCUT2D eigenvalue weighted by Crippen LogP contribution is -2.46. The van der Waals surface area contributed by atoms with Crippen molar-refractivity contribution in [2.45, 2.75) is 20.0 Å². The van der Waals surface area contributed by atoms with E-state index >= 15 is 4.39 Å². The zero-order valence-electron chi connectivity index (χ0n) is 24.7. The van der Waals surface area contributed by atoms with Gasteiger partial charge in [-0.2, -0.15) is 13.2 Å². The first-order valence-corrected chi connectivity index (χ1v) is 14.0. The molecule has 0 bridgehead atoms. The highest BCUT2D eigenvalue weighted by atomic mass is 19.4. The molecule has 13 heteroatoms. The van der Waals surface area contributed by atoms with E-state index in [2.05, 4.69) is 25.5 Å². The largest absolute Gasteiger partial charge is 0.495 e. The highest BCUT2D eigenvalue weighted by molar-refractivity contribution is 6.05. The van der Waals surface area contributed by atoms with E-state index in [1.165, 1.54) is 31.6 Å². The number of anilines is 3. The van der Waals surface area contributed by atoms with Gasteiger partial charge in [-0.05, 0) is 61.5 Å². The smallest absolute Gasteiger partial charge is 0.418 e. The van der Waals surface area contributed by atoms with Crippen molar-refractivity contribution in [1.29, 1.82) is 0 Å². The molecule has 0 spiro atoms. The summed E-state index contributed by atoms with van der Waals surface area (Å²) in [6.45, 7) is 6.63.